The standard InChI is InChI=1S/C12H24N2O3S/c1-11(2,3)8(9(15)16)14-10(17)13-7-12(4,5)18-6/h8H,7H2,1-6H3,(H,15,16)(H2,13,14,17)/t8-/m1/s1. The maximum absolute atomic E-state index is 11.7. The van der Waals surface area contributed by atoms with Gasteiger partial charge >= 0.3 is 12.0 Å². The van der Waals surface area contributed by atoms with Crippen LogP contribution in [0.2, 0.25) is 0 Å². The second-order valence-electron chi connectivity index (χ2n) is 5.93. The van der Waals surface area contributed by atoms with Crippen LogP contribution in [0.15, 0.2) is 0 Å². The second kappa shape index (κ2) is 6.31. The first-order valence-corrected chi connectivity index (χ1v) is 7.04. The number of carbonyl (C=O) groups is 2. The molecule has 106 valence electrons. The molecule has 0 heterocycles. The number of aliphatic carboxylic acids is 1. The summed E-state index contributed by atoms with van der Waals surface area (Å²) in [5, 5.41) is 14.3. The van der Waals surface area contributed by atoms with Crippen LogP contribution in [0.4, 0.5) is 4.79 Å². The van der Waals surface area contributed by atoms with E-state index in [1.165, 1.54) is 0 Å². The largest absolute Gasteiger partial charge is 0.480 e. The molecule has 0 aromatic rings. The molecule has 0 aliphatic heterocycles. The normalized spacial score (nSPS) is 13.9. The molecule has 0 bridgehead atoms. The fraction of sp³-hybridized carbons (Fsp3) is 0.833. The van der Waals surface area contributed by atoms with Crippen molar-refractivity contribution in [3.05, 3.63) is 0 Å². The Kier molecular flexibility index (Phi) is 5.99. The van der Waals surface area contributed by atoms with E-state index < -0.39 is 23.5 Å². The maximum Gasteiger partial charge on any atom is 0.326 e. The van der Waals surface area contributed by atoms with Gasteiger partial charge in [-0.3, -0.25) is 0 Å². The van der Waals surface area contributed by atoms with Crippen LogP contribution in [0.25, 0.3) is 0 Å². The molecule has 0 aromatic carbocycles. The SMILES string of the molecule is CSC(C)(C)CNC(=O)N[C@H](C(=O)O)C(C)(C)C. The summed E-state index contributed by atoms with van der Waals surface area (Å²) in [5.74, 6) is -1.03. The number of rotatable bonds is 5. The van der Waals surface area contributed by atoms with Gasteiger partial charge in [0.1, 0.15) is 6.04 Å². The van der Waals surface area contributed by atoms with E-state index in [4.69, 9.17) is 5.11 Å². The van der Waals surface area contributed by atoms with E-state index in [9.17, 15) is 9.59 Å². The summed E-state index contributed by atoms with van der Waals surface area (Å²) in [6.45, 7) is 9.83. The van der Waals surface area contributed by atoms with E-state index in [1.807, 2.05) is 20.1 Å². The average Bonchev–Trinajstić information content (AvgIpc) is 2.21. The molecule has 5 nitrogen and oxygen atoms in total. The molecular formula is C12H24N2O3S. The van der Waals surface area contributed by atoms with Crippen LogP contribution in [0.3, 0.4) is 0 Å². The molecule has 0 spiro atoms. The van der Waals surface area contributed by atoms with Gasteiger partial charge in [0.05, 0.1) is 0 Å². The van der Waals surface area contributed by atoms with Gasteiger partial charge in [0.2, 0.25) is 0 Å². The highest BCUT2D eigenvalue weighted by Crippen LogP contribution is 2.20. The lowest BCUT2D eigenvalue weighted by atomic mass is 9.87. The average molecular weight is 276 g/mol. The Bertz CT molecular complexity index is 311. The van der Waals surface area contributed by atoms with Crippen molar-refractivity contribution < 1.29 is 14.7 Å². The van der Waals surface area contributed by atoms with Gasteiger partial charge in [-0.25, -0.2) is 9.59 Å². The molecule has 0 aliphatic carbocycles. The third-order valence-corrected chi connectivity index (χ3v) is 3.87. The number of urea groups is 1. The minimum Gasteiger partial charge on any atom is -0.480 e. The van der Waals surface area contributed by atoms with Crippen LogP contribution >= 0.6 is 11.8 Å². The van der Waals surface area contributed by atoms with Gasteiger partial charge in [0.25, 0.3) is 0 Å². The summed E-state index contributed by atoms with van der Waals surface area (Å²) in [4.78, 5) is 22.8. The topological polar surface area (TPSA) is 78.4 Å². The van der Waals surface area contributed by atoms with Crippen molar-refractivity contribution in [1.82, 2.24) is 10.6 Å². The number of amides is 2. The zero-order valence-corrected chi connectivity index (χ0v) is 12.8. The molecule has 6 heteroatoms. The summed E-state index contributed by atoms with van der Waals surface area (Å²) in [5.41, 5.74) is -0.530. The zero-order chi connectivity index (χ0) is 14.6. The molecule has 0 aliphatic rings. The number of carboxylic acid groups (broad SMARTS) is 1. The smallest absolute Gasteiger partial charge is 0.326 e. The van der Waals surface area contributed by atoms with Crippen molar-refractivity contribution in [3.8, 4) is 0 Å². The first-order chi connectivity index (χ1) is 7.99. The van der Waals surface area contributed by atoms with E-state index in [0.29, 0.717) is 6.54 Å². The van der Waals surface area contributed by atoms with Crippen molar-refractivity contribution in [2.75, 3.05) is 12.8 Å². The molecule has 0 fully saturated rings. The van der Waals surface area contributed by atoms with Crippen molar-refractivity contribution in [3.63, 3.8) is 0 Å². The van der Waals surface area contributed by atoms with Gasteiger partial charge in [-0.15, -0.1) is 0 Å². The van der Waals surface area contributed by atoms with Crippen molar-refractivity contribution in [1.29, 1.82) is 0 Å². The van der Waals surface area contributed by atoms with Gasteiger partial charge in [-0.2, -0.15) is 11.8 Å². The predicted molar refractivity (Wildman–Crippen MR) is 75.0 cm³/mol. The lowest BCUT2D eigenvalue weighted by Crippen LogP contribution is -2.53. The Morgan fingerprint density at radius 1 is 1.22 bits per heavy atom. The lowest BCUT2D eigenvalue weighted by Gasteiger charge is -2.29. The first-order valence-electron chi connectivity index (χ1n) is 5.82. The molecule has 0 aromatic heterocycles. The number of thioether (sulfide) groups is 1. The van der Waals surface area contributed by atoms with Crippen LogP contribution < -0.4 is 10.6 Å². The summed E-state index contributed by atoms with van der Waals surface area (Å²) < 4.78 is -0.0716. The molecule has 0 saturated heterocycles. The van der Waals surface area contributed by atoms with Crippen LogP contribution in [0.1, 0.15) is 34.6 Å². The molecule has 0 saturated carbocycles. The van der Waals surface area contributed by atoms with E-state index in [1.54, 1.807) is 32.5 Å². The highest BCUT2D eigenvalue weighted by molar-refractivity contribution is 7.99. The summed E-state index contributed by atoms with van der Waals surface area (Å²) >= 11 is 1.64. The zero-order valence-electron chi connectivity index (χ0n) is 12.0. The number of carbonyl (C=O) groups excluding carboxylic acids is 1. The third-order valence-electron chi connectivity index (χ3n) is 2.62. The number of hydrogen-bond donors (Lipinski definition) is 3. The van der Waals surface area contributed by atoms with E-state index >= 15 is 0 Å². The van der Waals surface area contributed by atoms with E-state index in [2.05, 4.69) is 10.6 Å². The minimum absolute atomic E-state index is 0.0716. The van der Waals surface area contributed by atoms with Gasteiger partial charge in [0, 0.05) is 11.3 Å². The van der Waals surface area contributed by atoms with Crippen molar-refractivity contribution in [2.45, 2.75) is 45.4 Å². The van der Waals surface area contributed by atoms with Crippen LogP contribution in [-0.4, -0.2) is 40.7 Å². The molecule has 1 atom stereocenters. The van der Waals surface area contributed by atoms with Gasteiger partial charge in [-0.1, -0.05) is 20.8 Å². The molecule has 0 radical (unpaired) electrons. The van der Waals surface area contributed by atoms with Crippen molar-refractivity contribution in [2.24, 2.45) is 5.41 Å². The summed E-state index contributed by atoms with van der Waals surface area (Å²) in [6, 6.07) is -1.35. The van der Waals surface area contributed by atoms with Crippen LogP contribution in [0.5, 0.6) is 0 Å². The fourth-order valence-electron chi connectivity index (χ4n) is 1.20. The van der Waals surface area contributed by atoms with Gasteiger partial charge in [0.15, 0.2) is 0 Å². The maximum atomic E-state index is 11.7. The van der Waals surface area contributed by atoms with Gasteiger partial charge in [-0.05, 0) is 25.5 Å². The van der Waals surface area contributed by atoms with Gasteiger partial charge < -0.3 is 15.7 Å². The Morgan fingerprint density at radius 2 is 1.72 bits per heavy atom. The molecule has 0 unspecified atom stereocenters. The number of carboxylic acids is 1. The molecule has 18 heavy (non-hydrogen) atoms. The highest BCUT2D eigenvalue weighted by Gasteiger charge is 2.32. The first kappa shape index (κ1) is 17.1. The second-order valence-corrected chi connectivity index (χ2v) is 7.44. The fourth-order valence-corrected chi connectivity index (χ4v) is 1.41. The van der Waals surface area contributed by atoms with Crippen LogP contribution in [-0.2, 0) is 4.79 Å². The quantitative estimate of drug-likeness (QED) is 0.717. The van der Waals surface area contributed by atoms with E-state index in [0.717, 1.165) is 0 Å². The highest BCUT2D eigenvalue weighted by atomic mass is 32.2. The molecule has 3 N–H and O–H groups in total. The molecule has 2 amide bonds. The minimum atomic E-state index is -1.03. The Hall–Kier alpha value is -0.910. The molecule has 0 rings (SSSR count). The van der Waals surface area contributed by atoms with Crippen molar-refractivity contribution >= 4 is 23.8 Å². The van der Waals surface area contributed by atoms with Crippen LogP contribution in [0, 0.1) is 5.41 Å². The monoisotopic (exact) mass is 276 g/mol. The summed E-state index contributed by atoms with van der Waals surface area (Å²) in [7, 11) is 0. The van der Waals surface area contributed by atoms with E-state index in [-0.39, 0.29) is 4.75 Å². The number of nitrogens with one attached hydrogen (secondary N) is 2. The predicted octanol–water partition coefficient (Wildman–Crippen LogP) is 1.93. The summed E-state index contributed by atoms with van der Waals surface area (Å²) in [6.07, 6.45) is 1.97. The molecular weight excluding hydrogens is 252 g/mol. The Morgan fingerprint density at radius 3 is 2.06 bits per heavy atom. The third kappa shape index (κ3) is 6.14. The Labute approximate surface area is 113 Å². The lowest BCUT2D eigenvalue weighted by molar-refractivity contribution is -0.141. The Balaban J connectivity index is 4.42. The number of hydrogen-bond acceptors (Lipinski definition) is 3.